The number of benzene rings is 1. The lowest BCUT2D eigenvalue weighted by molar-refractivity contribution is -0.513. The summed E-state index contributed by atoms with van der Waals surface area (Å²) in [6.45, 7) is 8.87. The average Bonchev–Trinajstić information content (AvgIpc) is 2.26. The van der Waals surface area contributed by atoms with Crippen molar-refractivity contribution >= 4 is 5.97 Å². The molecule has 1 N–H and O–H groups in total. The first-order chi connectivity index (χ1) is 9.21. The fourth-order valence-electron chi connectivity index (χ4n) is 1.97. The molecule has 1 atom stereocenters. The van der Waals surface area contributed by atoms with Gasteiger partial charge in [0.25, 0.3) is 0 Å². The molecule has 0 radical (unpaired) electrons. The first kappa shape index (κ1) is 16.6. The molecule has 0 spiro atoms. The van der Waals surface area contributed by atoms with Crippen LogP contribution in [0.15, 0.2) is 18.2 Å². The van der Waals surface area contributed by atoms with Crippen LogP contribution in [-0.2, 0) is 14.8 Å². The van der Waals surface area contributed by atoms with Crippen LogP contribution in [0, 0.1) is 13.8 Å². The highest BCUT2D eigenvalue weighted by Gasteiger charge is 2.24. The molecule has 20 heavy (non-hydrogen) atoms. The fraction of sp³-hybridized carbons (Fsp3) is 0.533. The number of rotatable bonds is 6. The van der Waals surface area contributed by atoms with E-state index in [0.29, 0.717) is 12.0 Å². The van der Waals surface area contributed by atoms with Gasteiger partial charge in [0, 0.05) is 6.42 Å². The summed E-state index contributed by atoms with van der Waals surface area (Å²) in [6, 6.07) is 5.38. The largest absolute Gasteiger partial charge is 0.393 e. The molecule has 0 aliphatic rings. The minimum absolute atomic E-state index is 0.355. The van der Waals surface area contributed by atoms with Crippen molar-refractivity contribution in [1.29, 1.82) is 0 Å². The lowest BCUT2D eigenvalue weighted by atomic mass is 10.0. The van der Waals surface area contributed by atoms with E-state index in [1.165, 1.54) is 0 Å². The normalized spacial score (nSPS) is 13.1. The van der Waals surface area contributed by atoms with Crippen LogP contribution in [0.25, 0.3) is 0 Å². The molecule has 0 aromatic heterocycles. The van der Waals surface area contributed by atoms with E-state index in [1.54, 1.807) is 26.8 Å². The van der Waals surface area contributed by atoms with Gasteiger partial charge in [0.15, 0.2) is 0 Å². The van der Waals surface area contributed by atoms with Crippen LogP contribution < -0.4 is 0 Å². The number of aliphatic hydroxyl groups excluding tert-OH is 1. The molecule has 0 fully saturated rings. The zero-order valence-electron chi connectivity index (χ0n) is 12.6. The van der Waals surface area contributed by atoms with Crippen LogP contribution in [0.2, 0.25) is 0 Å². The molecule has 112 valence electrons. The van der Waals surface area contributed by atoms with Crippen molar-refractivity contribution in [2.45, 2.75) is 52.7 Å². The summed E-state index contributed by atoms with van der Waals surface area (Å²) in [6.07, 6.45) is -0.183. The Morgan fingerprint density at radius 2 is 2.00 bits per heavy atom. The SMILES string of the molecule is Cc1ccc(C(=O)OOOC(C)(C)CC(C)O)c(C)c1. The van der Waals surface area contributed by atoms with Crippen molar-refractivity contribution in [2.75, 3.05) is 0 Å². The smallest absolute Gasteiger partial charge is 0.376 e. The Hall–Kier alpha value is -1.43. The number of aryl methyl sites for hydroxylation is 2. The van der Waals surface area contributed by atoms with Crippen LogP contribution >= 0.6 is 0 Å². The Morgan fingerprint density at radius 1 is 1.35 bits per heavy atom. The van der Waals surface area contributed by atoms with Crippen LogP contribution in [-0.4, -0.2) is 22.8 Å². The molecule has 0 amide bonds. The molecule has 1 rings (SSSR count). The van der Waals surface area contributed by atoms with E-state index in [1.807, 2.05) is 26.0 Å². The maximum Gasteiger partial charge on any atom is 0.376 e. The van der Waals surface area contributed by atoms with Gasteiger partial charge in [-0.25, -0.2) is 4.79 Å². The van der Waals surface area contributed by atoms with Crippen molar-refractivity contribution in [1.82, 2.24) is 0 Å². The summed E-state index contributed by atoms with van der Waals surface area (Å²) >= 11 is 0. The van der Waals surface area contributed by atoms with Crippen LogP contribution in [0.1, 0.15) is 48.7 Å². The highest BCUT2D eigenvalue weighted by atomic mass is 17.5. The zero-order valence-corrected chi connectivity index (χ0v) is 12.6. The third-order valence-electron chi connectivity index (χ3n) is 2.76. The maximum atomic E-state index is 11.8. The van der Waals surface area contributed by atoms with Crippen molar-refractivity contribution in [3.63, 3.8) is 0 Å². The van der Waals surface area contributed by atoms with E-state index >= 15 is 0 Å². The molecule has 0 saturated carbocycles. The van der Waals surface area contributed by atoms with Crippen LogP contribution in [0.3, 0.4) is 0 Å². The van der Waals surface area contributed by atoms with Crippen LogP contribution in [0.4, 0.5) is 0 Å². The molecule has 0 bridgehead atoms. The Morgan fingerprint density at radius 3 is 2.55 bits per heavy atom. The molecular formula is C15H22O5. The number of hydrogen-bond acceptors (Lipinski definition) is 5. The molecular weight excluding hydrogens is 260 g/mol. The molecule has 5 heteroatoms. The van der Waals surface area contributed by atoms with E-state index < -0.39 is 17.7 Å². The average molecular weight is 282 g/mol. The predicted molar refractivity (Wildman–Crippen MR) is 73.9 cm³/mol. The lowest BCUT2D eigenvalue weighted by Crippen LogP contribution is -2.29. The minimum atomic E-state index is -0.753. The first-order valence-corrected chi connectivity index (χ1v) is 6.53. The number of carbonyl (C=O) groups excluding carboxylic acids is 1. The number of hydrogen-bond donors (Lipinski definition) is 1. The number of carbonyl (C=O) groups is 1. The third kappa shape index (κ3) is 5.28. The van der Waals surface area contributed by atoms with Crippen LogP contribution in [0.5, 0.6) is 0 Å². The summed E-state index contributed by atoms with van der Waals surface area (Å²) in [5.41, 5.74) is 1.54. The Labute approximate surface area is 119 Å². The maximum absolute atomic E-state index is 11.8. The molecule has 5 nitrogen and oxygen atoms in total. The predicted octanol–water partition coefficient (Wildman–Crippen LogP) is 2.87. The van der Waals surface area contributed by atoms with Crippen molar-refractivity contribution in [3.05, 3.63) is 34.9 Å². The standard InChI is InChI=1S/C15H22O5/c1-10-6-7-13(11(2)8-10)14(17)18-20-19-15(4,5)9-12(3)16/h6-8,12,16H,9H2,1-5H3. The summed E-state index contributed by atoms with van der Waals surface area (Å²) in [5.74, 6) is -0.615. The van der Waals surface area contributed by atoms with E-state index in [-0.39, 0.29) is 0 Å². The highest BCUT2D eigenvalue weighted by Crippen LogP contribution is 2.18. The quantitative estimate of drug-likeness (QED) is 0.642. The van der Waals surface area contributed by atoms with E-state index in [9.17, 15) is 9.90 Å². The first-order valence-electron chi connectivity index (χ1n) is 6.53. The van der Waals surface area contributed by atoms with Crippen molar-refractivity contribution in [3.8, 4) is 0 Å². The zero-order chi connectivity index (χ0) is 15.3. The van der Waals surface area contributed by atoms with Gasteiger partial charge in [-0.15, -0.1) is 0 Å². The molecule has 0 saturated heterocycles. The monoisotopic (exact) mass is 282 g/mol. The van der Waals surface area contributed by atoms with E-state index in [2.05, 4.69) is 9.93 Å². The van der Waals surface area contributed by atoms with Gasteiger partial charge in [0.05, 0.1) is 11.7 Å². The summed E-state index contributed by atoms with van der Waals surface area (Å²) in [7, 11) is 0. The fourth-order valence-corrected chi connectivity index (χ4v) is 1.97. The second kappa shape index (κ2) is 6.83. The van der Waals surface area contributed by atoms with Gasteiger partial charge in [-0.3, -0.25) is 4.89 Å². The highest BCUT2D eigenvalue weighted by molar-refractivity contribution is 5.90. The molecule has 0 aliphatic heterocycles. The van der Waals surface area contributed by atoms with Gasteiger partial charge in [0.1, 0.15) is 5.60 Å². The van der Waals surface area contributed by atoms with Gasteiger partial charge in [0.2, 0.25) is 0 Å². The Bertz CT molecular complexity index is 465. The molecule has 0 aliphatic carbocycles. The molecule has 0 heterocycles. The molecule has 1 aromatic rings. The van der Waals surface area contributed by atoms with E-state index in [4.69, 9.17) is 4.89 Å². The van der Waals surface area contributed by atoms with Gasteiger partial charge in [-0.2, -0.15) is 4.89 Å². The summed E-state index contributed by atoms with van der Waals surface area (Å²) < 4.78 is 0. The second-order valence-corrected chi connectivity index (χ2v) is 5.65. The van der Waals surface area contributed by atoms with Gasteiger partial charge >= 0.3 is 5.97 Å². The molecule has 1 aromatic carbocycles. The van der Waals surface area contributed by atoms with E-state index in [0.717, 1.165) is 11.1 Å². The van der Waals surface area contributed by atoms with Gasteiger partial charge in [-0.1, -0.05) is 17.7 Å². The number of aliphatic hydroxyl groups is 1. The molecule has 1 unspecified atom stereocenters. The topological polar surface area (TPSA) is 65.0 Å². The minimum Gasteiger partial charge on any atom is -0.393 e. The Balaban J connectivity index is 2.51. The summed E-state index contributed by atoms with van der Waals surface area (Å²) in [4.78, 5) is 21.4. The summed E-state index contributed by atoms with van der Waals surface area (Å²) in [5, 5.41) is 13.8. The van der Waals surface area contributed by atoms with Gasteiger partial charge in [-0.05, 0) is 51.3 Å². The second-order valence-electron chi connectivity index (χ2n) is 5.65. The third-order valence-corrected chi connectivity index (χ3v) is 2.76. The van der Waals surface area contributed by atoms with Crippen molar-refractivity contribution in [2.24, 2.45) is 0 Å². The lowest BCUT2D eigenvalue weighted by Gasteiger charge is -2.23. The Kier molecular flexibility index (Phi) is 5.68. The van der Waals surface area contributed by atoms with Crippen molar-refractivity contribution < 1.29 is 24.7 Å². The van der Waals surface area contributed by atoms with Gasteiger partial charge < -0.3 is 5.11 Å².